The Labute approximate surface area is 330 Å². The molecule has 0 fully saturated rings. The molecule has 3 aromatic rings. The monoisotopic (exact) mass is 813 g/mol. The van der Waals surface area contributed by atoms with Gasteiger partial charge < -0.3 is 0 Å². The van der Waals surface area contributed by atoms with Crippen LogP contribution in [0, 0.1) is 5.41 Å². The first-order valence-corrected chi connectivity index (χ1v) is 32.5. The van der Waals surface area contributed by atoms with E-state index in [0.29, 0.717) is 0 Å². The first-order valence-electron chi connectivity index (χ1n) is 19.5. The van der Waals surface area contributed by atoms with Gasteiger partial charge >= 0.3 is 333 Å². The van der Waals surface area contributed by atoms with Crippen LogP contribution in [0.2, 0.25) is 64.0 Å². The summed E-state index contributed by atoms with van der Waals surface area (Å²) in [4.78, 5) is 0. The molecular formula is C48H63Si3Zr. The summed E-state index contributed by atoms with van der Waals surface area (Å²) in [5, 5.41) is 6.78. The molecule has 0 saturated heterocycles. The zero-order chi connectivity index (χ0) is 38.2. The third-order valence-electron chi connectivity index (χ3n) is 11.6. The first-order chi connectivity index (χ1) is 24.0. The molecule has 0 saturated carbocycles. The summed E-state index contributed by atoms with van der Waals surface area (Å²) < 4.78 is 3.30. The van der Waals surface area contributed by atoms with E-state index in [1.54, 1.807) is 34.0 Å². The summed E-state index contributed by atoms with van der Waals surface area (Å²) in [6, 6.07) is 30.5. The Hall–Kier alpha value is -2.24. The Morgan fingerprint density at radius 1 is 0.654 bits per heavy atom. The molecule has 0 heterocycles. The zero-order valence-electron chi connectivity index (χ0n) is 34.9. The van der Waals surface area contributed by atoms with Crippen molar-refractivity contribution in [3.8, 4) is 0 Å². The summed E-state index contributed by atoms with van der Waals surface area (Å²) in [6.45, 7) is 39.2. The van der Waals surface area contributed by atoms with Crippen LogP contribution in [0.25, 0.3) is 8.85 Å². The molecule has 1 atom stereocenters. The molecule has 0 spiro atoms. The van der Waals surface area contributed by atoms with Crippen LogP contribution in [0.3, 0.4) is 0 Å². The number of allylic oxidation sites excluding steroid dienone is 8. The summed E-state index contributed by atoms with van der Waals surface area (Å²) >= 11 is -1.44. The molecule has 4 heteroatoms. The molecular weight excluding hydrogens is 752 g/mol. The van der Waals surface area contributed by atoms with Gasteiger partial charge in [-0.1, -0.05) is 0 Å². The average molecular weight is 816 g/mol. The summed E-state index contributed by atoms with van der Waals surface area (Å²) in [5.41, 5.74) is 11.0. The minimum absolute atomic E-state index is 0.00397. The first kappa shape index (κ1) is 39.5. The molecule has 3 aliphatic carbocycles. The minimum atomic E-state index is -2.01. The molecule has 0 bridgehead atoms. The third kappa shape index (κ3) is 6.60. The van der Waals surface area contributed by atoms with Crippen molar-refractivity contribution in [1.29, 1.82) is 0 Å². The average Bonchev–Trinajstić information content (AvgIpc) is 3.67. The molecule has 3 aromatic carbocycles. The molecule has 0 radical (unpaired) electrons. The number of hydrogen-bond donors (Lipinski definition) is 0. The second-order valence-corrected chi connectivity index (χ2v) is 38.9. The van der Waals surface area contributed by atoms with Gasteiger partial charge in [0.2, 0.25) is 0 Å². The van der Waals surface area contributed by atoms with Crippen molar-refractivity contribution >= 4 is 36.3 Å². The second kappa shape index (κ2) is 13.5. The van der Waals surface area contributed by atoms with Crippen molar-refractivity contribution in [2.24, 2.45) is 5.41 Å². The van der Waals surface area contributed by atoms with Crippen LogP contribution in [-0.2, 0) is 28.2 Å². The number of hydrogen-bond acceptors (Lipinski definition) is 0. The second-order valence-electron chi connectivity index (χ2n) is 20.6. The van der Waals surface area contributed by atoms with Gasteiger partial charge in [-0.15, -0.1) is 0 Å². The molecule has 0 aliphatic heterocycles. The molecule has 0 aromatic heterocycles. The maximum absolute atomic E-state index is 2.72. The van der Waals surface area contributed by atoms with E-state index < -0.39 is 47.0 Å². The number of rotatable bonds is 7. The Morgan fingerprint density at radius 2 is 1.21 bits per heavy atom. The molecule has 0 N–H and O–H groups in total. The third-order valence-corrected chi connectivity index (χ3v) is 23.7. The van der Waals surface area contributed by atoms with Gasteiger partial charge in [-0.3, -0.25) is 0 Å². The van der Waals surface area contributed by atoms with Crippen molar-refractivity contribution in [2.75, 3.05) is 0 Å². The van der Waals surface area contributed by atoms with Gasteiger partial charge in [0.25, 0.3) is 0 Å². The fourth-order valence-electron chi connectivity index (χ4n) is 10.1. The van der Waals surface area contributed by atoms with E-state index in [2.05, 4.69) is 198 Å². The predicted molar refractivity (Wildman–Crippen MR) is 235 cm³/mol. The van der Waals surface area contributed by atoms with E-state index in [0.717, 1.165) is 6.42 Å². The van der Waals surface area contributed by atoms with Crippen molar-refractivity contribution in [3.05, 3.63) is 151 Å². The Balaban J connectivity index is 1.99. The standard InChI is InChI=1S/C35H53Si3.C13H10.Zr/c1-33(2,3)26-20-21-27-25(22-26)23-28-29(27)31(36(7,8)9)32(37(10,11)12)35(34(4,5)6,38(13,14)15)30(28)24-18-16-17-19-24;1-3-7-12(8-4-1)11-13-9-5-2-6-10-13;/h16-18,20-22H,19H2,1-15H3;1-10H;. The van der Waals surface area contributed by atoms with E-state index in [1.807, 2.05) is 10.4 Å². The van der Waals surface area contributed by atoms with E-state index in [1.165, 1.54) is 21.9 Å². The topological polar surface area (TPSA) is 0 Å². The van der Waals surface area contributed by atoms with E-state index in [-0.39, 0.29) is 15.9 Å². The molecule has 271 valence electrons. The molecule has 6 rings (SSSR count). The number of benzene rings is 3. The van der Waals surface area contributed by atoms with Crippen LogP contribution in [0.4, 0.5) is 0 Å². The van der Waals surface area contributed by atoms with Gasteiger partial charge in [-0.2, -0.15) is 0 Å². The number of fused-ring (bicyclic) bond motifs is 2. The Kier molecular flexibility index (Phi) is 10.2. The predicted octanol–water partition coefficient (Wildman–Crippen LogP) is 12.0. The Morgan fingerprint density at radius 3 is 1.63 bits per heavy atom. The molecule has 1 unspecified atom stereocenters. The summed E-state index contributed by atoms with van der Waals surface area (Å²) in [6.07, 6.45) is 8.34. The SMILES string of the molecule is CC(C)(C)c1ccc2c(c1)=[C]([Zr]=[C](c1ccccc1)c1ccccc1)C1=C(C3=CC=CC3)C(C(C)(C)C)([Si](C)(C)C)C([Si](C)(C)C)=C([Si](C)(C)C)C=21. The van der Waals surface area contributed by atoms with Gasteiger partial charge in [0.05, 0.1) is 0 Å². The van der Waals surface area contributed by atoms with Crippen molar-refractivity contribution in [3.63, 3.8) is 0 Å². The summed E-state index contributed by atoms with van der Waals surface area (Å²) in [5.74, 6) is 0. The Bertz CT molecular complexity index is 2140. The van der Waals surface area contributed by atoms with Crippen LogP contribution < -0.4 is 10.4 Å². The normalized spacial score (nSPS) is 19.6. The van der Waals surface area contributed by atoms with E-state index in [9.17, 15) is 0 Å². The van der Waals surface area contributed by atoms with Crippen LogP contribution in [0.15, 0.2) is 124 Å². The van der Waals surface area contributed by atoms with Gasteiger partial charge in [-0.05, 0) is 0 Å². The van der Waals surface area contributed by atoms with E-state index in [4.69, 9.17) is 0 Å². The summed E-state index contributed by atoms with van der Waals surface area (Å²) in [7, 11) is -5.84. The van der Waals surface area contributed by atoms with Crippen LogP contribution in [0.5, 0.6) is 0 Å². The molecule has 0 amide bonds. The van der Waals surface area contributed by atoms with Crippen molar-refractivity contribution < 1.29 is 22.8 Å². The van der Waals surface area contributed by atoms with Gasteiger partial charge in [0, 0.05) is 0 Å². The molecule has 52 heavy (non-hydrogen) atoms. The van der Waals surface area contributed by atoms with Crippen LogP contribution in [-0.4, -0.2) is 27.4 Å². The maximum atomic E-state index is 2.72. The van der Waals surface area contributed by atoms with Gasteiger partial charge in [-0.25, -0.2) is 0 Å². The fourth-order valence-corrected chi connectivity index (χ4v) is 27.2. The molecule has 0 nitrogen and oxygen atoms in total. The van der Waals surface area contributed by atoms with Gasteiger partial charge in [0.1, 0.15) is 0 Å². The zero-order valence-corrected chi connectivity index (χ0v) is 40.4. The van der Waals surface area contributed by atoms with Crippen LogP contribution >= 0.6 is 0 Å². The fraction of sp³-hybridized carbons (Fsp3) is 0.396. The van der Waals surface area contributed by atoms with E-state index >= 15 is 0 Å². The van der Waals surface area contributed by atoms with Crippen LogP contribution in [0.1, 0.15) is 64.7 Å². The van der Waals surface area contributed by atoms with Gasteiger partial charge in [0.15, 0.2) is 0 Å². The quantitative estimate of drug-likeness (QED) is 0.208. The van der Waals surface area contributed by atoms with Crippen molar-refractivity contribution in [2.45, 2.75) is 117 Å². The van der Waals surface area contributed by atoms with Crippen molar-refractivity contribution in [1.82, 2.24) is 0 Å². The molecule has 3 aliphatic rings.